The van der Waals surface area contributed by atoms with E-state index < -0.39 is 32.7 Å². The van der Waals surface area contributed by atoms with Crippen molar-refractivity contribution in [2.45, 2.75) is 37.2 Å². The Labute approximate surface area is 204 Å². The molecule has 3 aromatic rings. The summed E-state index contributed by atoms with van der Waals surface area (Å²) in [5, 5.41) is 11.2. The summed E-state index contributed by atoms with van der Waals surface area (Å²) in [5.41, 5.74) is 0.579. The number of hydrogen-bond donors (Lipinski definition) is 0. The maximum atomic E-state index is 13.3. The van der Waals surface area contributed by atoms with Crippen LogP contribution in [0.1, 0.15) is 19.8 Å². The zero-order valence-electron chi connectivity index (χ0n) is 18.8. The van der Waals surface area contributed by atoms with Crippen molar-refractivity contribution in [2.24, 2.45) is 4.99 Å². The second kappa shape index (κ2) is 10.3. The van der Waals surface area contributed by atoms with Crippen molar-refractivity contribution in [3.63, 3.8) is 0 Å². The van der Waals surface area contributed by atoms with E-state index in [1.54, 1.807) is 10.6 Å². The summed E-state index contributed by atoms with van der Waals surface area (Å²) in [7, 11) is -4.02. The second-order valence-electron chi connectivity index (χ2n) is 7.82. The lowest BCUT2D eigenvalue weighted by atomic mass is 10.2. The van der Waals surface area contributed by atoms with Crippen LogP contribution < -0.4 is 4.80 Å². The molecular weight excluding hydrogens is 499 g/mol. The summed E-state index contributed by atoms with van der Waals surface area (Å²) in [6.07, 6.45) is 0.785. The molecule has 1 atom stereocenters. The van der Waals surface area contributed by atoms with Crippen LogP contribution in [0, 0.1) is 15.9 Å². The summed E-state index contributed by atoms with van der Waals surface area (Å²) in [5.74, 6) is -1.19. The average Bonchev–Trinajstić information content (AvgIpc) is 3.45. The molecule has 13 heteroatoms. The van der Waals surface area contributed by atoms with Gasteiger partial charge in [0.2, 0.25) is 10.0 Å². The number of carbonyl (C=O) groups is 1. The van der Waals surface area contributed by atoms with Crippen LogP contribution >= 0.6 is 11.3 Å². The van der Waals surface area contributed by atoms with Crippen LogP contribution in [-0.4, -0.2) is 53.9 Å². The minimum atomic E-state index is -4.02. The number of hydrogen-bond acceptors (Lipinski definition) is 7. The second-order valence-corrected chi connectivity index (χ2v) is 10.7. The smallest absolute Gasteiger partial charge is 0.270 e. The number of ether oxygens (including phenoxy) is 1. The number of nitro benzene ring substituents is 1. The van der Waals surface area contributed by atoms with Crippen LogP contribution in [-0.2, 0) is 26.1 Å². The number of nitrogens with zero attached hydrogens (tertiary/aromatic N) is 4. The summed E-state index contributed by atoms with van der Waals surface area (Å²) in [4.78, 5) is 28.4. The Morgan fingerprint density at radius 2 is 2.03 bits per heavy atom. The predicted molar refractivity (Wildman–Crippen MR) is 127 cm³/mol. The summed E-state index contributed by atoms with van der Waals surface area (Å²) < 4.78 is 48.4. The highest BCUT2D eigenvalue weighted by Crippen LogP contribution is 2.28. The number of nitro groups is 1. The largest absolute Gasteiger partial charge is 0.380 e. The maximum Gasteiger partial charge on any atom is 0.270 e. The Hall–Kier alpha value is -3.00. The van der Waals surface area contributed by atoms with Crippen LogP contribution in [0.5, 0.6) is 0 Å². The van der Waals surface area contributed by atoms with Crippen molar-refractivity contribution in [1.82, 2.24) is 8.87 Å². The summed E-state index contributed by atoms with van der Waals surface area (Å²) >= 11 is 1.11. The minimum absolute atomic E-state index is 0.0825. The molecule has 1 unspecified atom stereocenters. The van der Waals surface area contributed by atoms with Gasteiger partial charge in [0, 0.05) is 31.8 Å². The molecule has 2 heterocycles. The van der Waals surface area contributed by atoms with E-state index in [1.807, 2.05) is 6.92 Å². The standard InChI is InChI=1S/C22H23FN4O6S2/c1-2-33-13-12-25-18-10-7-16(27(29)30)14-20(18)34-22(25)24-21(28)19-4-3-11-26(19)35(31,32)17-8-5-15(23)6-9-17/h5-10,14,19H,2-4,11-13H2,1H3. The number of carbonyl (C=O) groups excluding carboxylic acids is 1. The van der Waals surface area contributed by atoms with Crippen LogP contribution in [0.3, 0.4) is 0 Å². The monoisotopic (exact) mass is 522 g/mol. The molecule has 1 aliphatic heterocycles. The quantitative estimate of drug-likeness (QED) is 0.254. The molecular formula is C22H23FN4O6S2. The topological polar surface area (TPSA) is 124 Å². The highest BCUT2D eigenvalue weighted by atomic mass is 32.2. The maximum absolute atomic E-state index is 13.3. The van der Waals surface area contributed by atoms with Crippen LogP contribution in [0.4, 0.5) is 10.1 Å². The lowest BCUT2D eigenvalue weighted by Crippen LogP contribution is -2.40. The fraction of sp³-hybridized carbons (Fsp3) is 0.364. The first-order chi connectivity index (χ1) is 16.7. The van der Waals surface area contributed by atoms with Gasteiger partial charge < -0.3 is 9.30 Å². The zero-order chi connectivity index (χ0) is 25.2. The van der Waals surface area contributed by atoms with Crippen LogP contribution in [0.25, 0.3) is 10.2 Å². The van der Waals surface area contributed by atoms with E-state index in [1.165, 1.54) is 24.3 Å². The van der Waals surface area contributed by atoms with Crippen molar-refractivity contribution < 1.29 is 27.3 Å². The Balaban J connectivity index is 1.71. The van der Waals surface area contributed by atoms with Gasteiger partial charge in [-0.3, -0.25) is 14.9 Å². The predicted octanol–water partition coefficient (Wildman–Crippen LogP) is 3.07. The number of rotatable bonds is 8. The fourth-order valence-corrected chi connectivity index (χ4v) is 6.71. The Bertz CT molecular complexity index is 1430. The molecule has 1 amide bonds. The Kier molecular flexibility index (Phi) is 7.40. The van der Waals surface area contributed by atoms with Crippen LogP contribution in [0.2, 0.25) is 0 Å². The SMILES string of the molecule is CCOCCn1c(=NC(=O)C2CCCN2S(=O)(=O)c2ccc(F)cc2)sc2cc([N+](=O)[O-])ccc21. The average molecular weight is 523 g/mol. The van der Waals surface area contributed by atoms with Gasteiger partial charge in [-0.15, -0.1) is 0 Å². The van der Waals surface area contributed by atoms with E-state index in [2.05, 4.69) is 4.99 Å². The summed E-state index contributed by atoms with van der Waals surface area (Å²) in [6.45, 7) is 3.20. The molecule has 35 heavy (non-hydrogen) atoms. The number of benzene rings is 2. The van der Waals surface area contributed by atoms with E-state index in [0.29, 0.717) is 47.6 Å². The molecule has 0 aliphatic carbocycles. The van der Waals surface area contributed by atoms with Gasteiger partial charge in [-0.2, -0.15) is 9.30 Å². The van der Waals surface area contributed by atoms with Crippen molar-refractivity contribution in [1.29, 1.82) is 0 Å². The van der Waals surface area contributed by atoms with E-state index in [9.17, 15) is 27.7 Å². The number of thiazole rings is 1. The number of halogens is 1. The summed E-state index contributed by atoms with van der Waals surface area (Å²) in [6, 6.07) is 7.85. The van der Waals surface area contributed by atoms with Crippen LogP contribution in [0.15, 0.2) is 52.4 Å². The number of amides is 1. The van der Waals surface area contributed by atoms with E-state index in [-0.39, 0.29) is 17.1 Å². The van der Waals surface area contributed by atoms with Gasteiger partial charge in [0.25, 0.3) is 11.6 Å². The number of fused-ring (bicyclic) bond motifs is 1. The Morgan fingerprint density at radius 3 is 2.71 bits per heavy atom. The molecule has 4 rings (SSSR count). The van der Waals surface area contributed by atoms with Gasteiger partial charge in [0.05, 0.1) is 26.6 Å². The highest BCUT2D eigenvalue weighted by molar-refractivity contribution is 7.89. The molecule has 0 N–H and O–H groups in total. The molecule has 10 nitrogen and oxygen atoms in total. The van der Waals surface area contributed by atoms with Gasteiger partial charge in [-0.25, -0.2) is 12.8 Å². The lowest BCUT2D eigenvalue weighted by Gasteiger charge is -2.21. The first-order valence-electron chi connectivity index (χ1n) is 10.9. The van der Waals surface area contributed by atoms with Gasteiger partial charge in [-0.05, 0) is 50.1 Å². The molecule has 2 aromatic carbocycles. The first kappa shape index (κ1) is 25.1. The van der Waals surface area contributed by atoms with Gasteiger partial charge in [0.1, 0.15) is 11.9 Å². The van der Waals surface area contributed by atoms with Crippen molar-refractivity contribution in [3.05, 3.63) is 63.2 Å². The molecule has 0 bridgehead atoms. The van der Waals surface area contributed by atoms with Gasteiger partial charge >= 0.3 is 0 Å². The van der Waals surface area contributed by atoms with Gasteiger partial charge in [-0.1, -0.05) is 11.3 Å². The molecule has 1 aromatic heterocycles. The normalized spacial score (nSPS) is 17.3. The fourth-order valence-electron chi connectivity index (χ4n) is 3.96. The van der Waals surface area contributed by atoms with E-state index >= 15 is 0 Å². The van der Waals surface area contributed by atoms with Gasteiger partial charge in [0.15, 0.2) is 4.80 Å². The van der Waals surface area contributed by atoms with Crippen molar-refractivity contribution >= 4 is 43.2 Å². The van der Waals surface area contributed by atoms with Crippen molar-refractivity contribution in [2.75, 3.05) is 19.8 Å². The molecule has 186 valence electrons. The van der Waals surface area contributed by atoms with Crippen molar-refractivity contribution in [3.8, 4) is 0 Å². The number of aromatic nitrogens is 1. The minimum Gasteiger partial charge on any atom is -0.380 e. The Morgan fingerprint density at radius 1 is 1.29 bits per heavy atom. The third kappa shape index (κ3) is 5.17. The third-order valence-electron chi connectivity index (χ3n) is 5.66. The van der Waals surface area contributed by atoms with E-state index in [0.717, 1.165) is 27.8 Å². The highest BCUT2D eigenvalue weighted by Gasteiger charge is 2.39. The number of sulfonamides is 1. The molecule has 1 saturated heterocycles. The molecule has 1 aliphatic rings. The first-order valence-corrected chi connectivity index (χ1v) is 13.2. The third-order valence-corrected chi connectivity index (χ3v) is 8.62. The molecule has 0 spiro atoms. The molecule has 0 radical (unpaired) electrons. The number of non-ortho nitro benzene ring substituents is 1. The molecule has 0 saturated carbocycles. The zero-order valence-corrected chi connectivity index (χ0v) is 20.4. The lowest BCUT2D eigenvalue weighted by molar-refractivity contribution is -0.384. The molecule has 1 fully saturated rings. The van der Waals surface area contributed by atoms with E-state index in [4.69, 9.17) is 4.74 Å².